The molecule has 0 saturated carbocycles. The third-order valence-electron chi connectivity index (χ3n) is 7.97. The maximum atomic E-state index is 13.4. The van der Waals surface area contributed by atoms with Crippen LogP contribution in [-0.2, 0) is 23.8 Å². The number of esters is 4. The third kappa shape index (κ3) is 13.8. The summed E-state index contributed by atoms with van der Waals surface area (Å²) in [4.78, 5) is 53.9. The first-order valence-electron chi connectivity index (χ1n) is 18.4. The fraction of sp³-hybridized carbons (Fsp3) is 0.182. The first-order valence-corrected chi connectivity index (χ1v) is 19.2. The van der Waals surface area contributed by atoms with Gasteiger partial charge in [0.2, 0.25) is 11.4 Å². The predicted molar refractivity (Wildman–Crippen MR) is 224 cm³/mol. The molecule has 0 amide bonds. The third-order valence-corrected chi connectivity index (χ3v) is 8.91. The van der Waals surface area contributed by atoms with Gasteiger partial charge in [-0.25, -0.2) is 24.2 Å². The molecule has 15 nitrogen and oxygen atoms in total. The zero-order chi connectivity index (χ0) is 42.7. The molecular weight excluding hydrogens is 795 g/mol. The van der Waals surface area contributed by atoms with E-state index in [9.17, 15) is 24.3 Å². The van der Waals surface area contributed by atoms with Gasteiger partial charge in [-0.15, -0.1) is 0 Å². The van der Waals surface area contributed by atoms with Crippen LogP contribution in [0.15, 0.2) is 134 Å². The number of fused-ring (bicyclic) bond motifs is 1. The van der Waals surface area contributed by atoms with Crippen LogP contribution in [0.2, 0.25) is 0 Å². The van der Waals surface area contributed by atoms with Gasteiger partial charge in [0, 0.05) is 24.3 Å². The highest BCUT2D eigenvalue weighted by atomic mass is 32.1. The lowest BCUT2D eigenvalue weighted by atomic mass is 10.2. The molecule has 0 saturated heterocycles. The molecule has 0 radical (unpaired) electrons. The number of aliphatic hydroxyl groups excluding tert-OH is 1. The molecule has 0 spiro atoms. The molecule has 0 aliphatic carbocycles. The Morgan fingerprint density at radius 2 is 1.45 bits per heavy atom. The van der Waals surface area contributed by atoms with Crippen LogP contribution < -0.4 is 24.4 Å². The molecule has 2 unspecified atom stereocenters. The van der Waals surface area contributed by atoms with Crippen LogP contribution in [0.5, 0.6) is 23.0 Å². The Morgan fingerprint density at radius 3 is 2.15 bits per heavy atom. The van der Waals surface area contributed by atoms with Crippen molar-refractivity contribution in [1.82, 2.24) is 4.98 Å². The van der Waals surface area contributed by atoms with Gasteiger partial charge < -0.3 is 38.3 Å². The summed E-state index contributed by atoms with van der Waals surface area (Å²) in [5.41, 5.74) is 4.39. The predicted octanol–water partition coefficient (Wildman–Crippen LogP) is 7.07. The Balaban J connectivity index is 1.22. The number of para-hydroxylation sites is 1. The summed E-state index contributed by atoms with van der Waals surface area (Å²) in [6.07, 6.45) is 3.97. The van der Waals surface area contributed by atoms with Gasteiger partial charge in [0.15, 0.2) is 6.10 Å². The molecule has 0 aliphatic rings. The van der Waals surface area contributed by atoms with Crippen molar-refractivity contribution < 1.29 is 57.4 Å². The van der Waals surface area contributed by atoms with Gasteiger partial charge in [0.05, 0.1) is 40.8 Å². The van der Waals surface area contributed by atoms with Crippen LogP contribution >= 0.6 is 11.3 Å². The quantitative estimate of drug-likeness (QED) is 0.00993. The molecule has 1 heterocycles. The molecule has 2 atom stereocenters. The summed E-state index contributed by atoms with van der Waals surface area (Å²) in [6, 6.07) is 24.1. The Morgan fingerprint density at radius 1 is 0.783 bits per heavy atom. The molecule has 4 aromatic carbocycles. The van der Waals surface area contributed by atoms with Gasteiger partial charge in [-0.05, 0) is 97.8 Å². The fourth-order valence-corrected chi connectivity index (χ4v) is 5.82. The SMILES string of the molecule is C=CC(=O)OCCCCOCC(COc1ccc(C(=O)Oc2ccc(OC(=O)c3ccc(OC(O)C=C)cc3)cc2/C=N/Nc2nc3ccccc3s2)cc1)OC(=O)C=C. The van der Waals surface area contributed by atoms with Crippen molar-refractivity contribution in [3.8, 4) is 23.0 Å². The normalized spacial score (nSPS) is 11.8. The molecule has 5 aromatic rings. The minimum Gasteiger partial charge on any atom is -0.490 e. The van der Waals surface area contributed by atoms with Crippen molar-refractivity contribution in [3.63, 3.8) is 0 Å². The Kier molecular flexibility index (Phi) is 16.6. The summed E-state index contributed by atoms with van der Waals surface area (Å²) in [5, 5.41) is 14.5. The average molecular weight is 836 g/mol. The number of nitrogens with zero attached hydrogens (tertiary/aromatic N) is 2. The number of hydrogen-bond acceptors (Lipinski definition) is 16. The maximum Gasteiger partial charge on any atom is 0.343 e. The molecule has 0 aliphatic heterocycles. The van der Waals surface area contributed by atoms with Crippen molar-refractivity contribution in [2.45, 2.75) is 25.2 Å². The lowest BCUT2D eigenvalue weighted by Crippen LogP contribution is -2.29. The van der Waals surface area contributed by atoms with Crippen molar-refractivity contribution in [2.24, 2.45) is 5.10 Å². The number of carbonyl (C=O) groups is 4. The van der Waals surface area contributed by atoms with Crippen LogP contribution in [0.25, 0.3) is 10.2 Å². The van der Waals surface area contributed by atoms with Crippen LogP contribution in [0.1, 0.15) is 39.1 Å². The first-order chi connectivity index (χ1) is 29.1. The number of thiazole rings is 1. The standard InChI is InChI=1S/C44H41N3O12S/c1-4-39(48)54-24-10-9-23-53-27-35(57-41(50)6-3)28-55-32-17-13-30(14-18-32)43(52)59-37-22-21-34(58-42(51)29-15-19-33(20-16-29)56-40(49)5-2)25-31(37)26-45-47-44-46-36-11-7-8-12-38(36)60-44/h4-8,11-22,25-26,35,40,49H,1-3,9-10,23-24,27-28H2,(H,46,47)/b45-26+. The average Bonchev–Trinajstić information content (AvgIpc) is 3.69. The number of hydrazone groups is 1. The number of unbranched alkanes of at least 4 members (excludes halogenated alkanes) is 1. The Labute approximate surface area is 349 Å². The molecule has 1 aromatic heterocycles. The van der Waals surface area contributed by atoms with E-state index in [1.807, 2.05) is 24.3 Å². The highest BCUT2D eigenvalue weighted by Gasteiger charge is 2.17. The van der Waals surface area contributed by atoms with Gasteiger partial charge in [-0.2, -0.15) is 5.10 Å². The number of hydrogen-bond donors (Lipinski definition) is 2. The summed E-state index contributed by atoms with van der Waals surface area (Å²) in [6.45, 7) is 10.8. The minimum atomic E-state index is -1.20. The van der Waals surface area contributed by atoms with Crippen LogP contribution in [0.4, 0.5) is 5.13 Å². The smallest absolute Gasteiger partial charge is 0.343 e. The van der Waals surface area contributed by atoms with Gasteiger partial charge >= 0.3 is 23.9 Å². The van der Waals surface area contributed by atoms with Crippen LogP contribution in [0, 0.1) is 0 Å². The van der Waals surface area contributed by atoms with Crippen molar-refractivity contribution in [1.29, 1.82) is 0 Å². The molecule has 60 heavy (non-hydrogen) atoms. The lowest BCUT2D eigenvalue weighted by molar-refractivity contribution is -0.148. The van der Waals surface area contributed by atoms with E-state index in [0.29, 0.717) is 41.6 Å². The molecular formula is C44H41N3O12S. The summed E-state index contributed by atoms with van der Waals surface area (Å²) in [5.74, 6) is -1.56. The maximum absolute atomic E-state index is 13.4. The molecule has 0 bridgehead atoms. The van der Waals surface area contributed by atoms with E-state index in [-0.39, 0.29) is 42.4 Å². The Hall–Kier alpha value is -7.14. The van der Waals surface area contributed by atoms with Crippen LogP contribution in [-0.4, -0.2) is 79.0 Å². The largest absolute Gasteiger partial charge is 0.490 e. The molecule has 310 valence electrons. The highest BCUT2D eigenvalue weighted by molar-refractivity contribution is 7.22. The number of rotatable bonds is 23. The second-order valence-electron chi connectivity index (χ2n) is 12.4. The molecule has 0 fully saturated rings. The van der Waals surface area contributed by atoms with E-state index < -0.39 is 36.3 Å². The fourth-order valence-electron chi connectivity index (χ4n) is 5.00. The lowest BCUT2D eigenvalue weighted by Gasteiger charge is -2.18. The zero-order valence-corrected chi connectivity index (χ0v) is 33.0. The molecule has 2 N–H and O–H groups in total. The van der Waals surface area contributed by atoms with Gasteiger partial charge in [-0.3, -0.25) is 5.43 Å². The monoisotopic (exact) mass is 835 g/mol. The topological polar surface area (TPSA) is 190 Å². The van der Waals surface area contributed by atoms with Gasteiger partial charge in [-0.1, -0.05) is 43.2 Å². The van der Waals surface area contributed by atoms with Crippen LogP contribution in [0.3, 0.4) is 0 Å². The molecule has 16 heteroatoms. The van der Waals surface area contributed by atoms with Gasteiger partial charge in [0.25, 0.3) is 0 Å². The van der Waals surface area contributed by atoms with E-state index in [2.05, 4.69) is 35.2 Å². The zero-order valence-electron chi connectivity index (χ0n) is 32.2. The summed E-state index contributed by atoms with van der Waals surface area (Å²) < 4.78 is 39.3. The minimum absolute atomic E-state index is 0.0426. The van der Waals surface area contributed by atoms with Gasteiger partial charge in [0.1, 0.15) is 29.6 Å². The van der Waals surface area contributed by atoms with Crippen molar-refractivity contribution in [2.75, 3.05) is 31.9 Å². The summed E-state index contributed by atoms with van der Waals surface area (Å²) >= 11 is 1.40. The first kappa shape index (κ1) is 44.0. The Bertz CT molecular complexity index is 2270. The number of nitrogens with one attached hydrogen (secondary N) is 1. The van der Waals surface area contributed by atoms with Crippen molar-refractivity contribution >= 4 is 56.8 Å². The number of aromatic nitrogens is 1. The van der Waals surface area contributed by atoms with E-state index in [1.54, 1.807) is 12.1 Å². The van der Waals surface area contributed by atoms with E-state index in [0.717, 1.165) is 22.4 Å². The summed E-state index contributed by atoms with van der Waals surface area (Å²) in [7, 11) is 0. The number of ether oxygens (including phenoxy) is 7. The van der Waals surface area contributed by atoms with E-state index in [1.165, 1.54) is 78.2 Å². The van der Waals surface area contributed by atoms with Crippen molar-refractivity contribution in [3.05, 3.63) is 146 Å². The number of benzene rings is 4. The number of anilines is 1. The highest BCUT2D eigenvalue weighted by Crippen LogP contribution is 2.28. The van der Waals surface area contributed by atoms with E-state index in [4.69, 9.17) is 33.2 Å². The van der Waals surface area contributed by atoms with E-state index >= 15 is 0 Å². The second kappa shape index (κ2) is 22.7. The second-order valence-corrected chi connectivity index (χ2v) is 13.4. The number of carbonyl (C=O) groups excluding carboxylic acids is 4. The number of aliphatic hydroxyl groups is 1. The molecule has 5 rings (SSSR count).